The van der Waals surface area contributed by atoms with Crippen molar-refractivity contribution in [3.63, 3.8) is 0 Å². The van der Waals surface area contributed by atoms with Crippen molar-refractivity contribution in [2.24, 2.45) is 5.92 Å². The summed E-state index contributed by atoms with van der Waals surface area (Å²) in [5.74, 6) is -0.838. The zero-order valence-electron chi connectivity index (χ0n) is 18.4. The van der Waals surface area contributed by atoms with Gasteiger partial charge >= 0.3 is 6.18 Å². The first-order valence-electron chi connectivity index (χ1n) is 11.3. The molecule has 0 atom stereocenters. The SMILES string of the molecule is O=C(NCCC1CC1)c1ccc(N2CCCN(C(=O)c3cc(F)ccc3C(F)(F)F)CC2)nn1. The molecule has 2 heterocycles. The lowest BCUT2D eigenvalue weighted by Gasteiger charge is -2.23. The topological polar surface area (TPSA) is 78.4 Å². The van der Waals surface area contributed by atoms with E-state index >= 15 is 0 Å². The van der Waals surface area contributed by atoms with Crippen LogP contribution in [-0.2, 0) is 6.18 Å². The first-order valence-corrected chi connectivity index (χ1v) is 11.3. The summed E-state index contributed by atoms with van der Waals surface area (Å²) < 4.78 is 53.6. The highest BCUT2D eigenvalue weighted by atomic mass is 19.4. The van der Waals surface area contributed by atoms with Gasteiger partial charge in [0.1, 0.15) is 5.82 Å². The minimum absolute atomic E-state index is 0.137. The lowest BCUT2D eigenvalue weighted by molar-refractivity contribution is -0.138. The molecule has 2 fully saturated rings. The molecule has 0 bridgehead atoms. The van der Waals surface area contributed by atoms with Gasteiger partial charge in [0.05, 0.1) is 11.1 Å². The van der Waals surface area contributed by atoms with Crippen LogP contribution >= 0.6 is 0 Å². The van der Waals surface area contributed by atoms with Crippen LogP contribution in [0.25, 0.3) is 0 Å². The van der Waals surface area contributed by atoms with Gasteiger partial charge in [-0.2, -0.15) is 13.2 Å². The molecule has 0 spiro atoms. The molecule has 0 radical (unpaired) electrons. The number of benzene rings is 1. The van der Waals surface area contributed by atoms with Gasteiger partial charge in [0.2, 0.25) is 0 Å². The maximum Gasteiger partial charge on any atom is 0.417 e. The second kappa shape index (κ2) is 9.94. The second-order valence-corrected chi connectivity index (χ2v) is 8.59. The van der Waals surface area contributed by atoms with Crippen molar-refractivity contribution in [2.45, 2.75) is 31.9 Å². The van der Waals surface area contributed by atoms with E-state index in [9.17, 15) is 27.2 Å². The molecule has 1 N–H and O–H groups in total. The molecule has 1 aliphatic heterocycles. The minimum atomic E-state index is -4.77. The Morgan fingerprint density at radius 2 is 1.82 bits per heavy atom. The fourth-order valence-corrected chi connectivity index (χ4v) is 3.96. The highest BCUT2D eigenvalue weighted by Gasteiger charge is 2.36. The highest BCUT2D eigenvalue weighted by Crippen LogP contribution is 2.33. The van der Waals surface area contributed by atoms with Crippen molar-refractivity contribution in [2.75, 3.05) is 37.6 Å². The average Bonchev–Trinajstić information content (AvgIpc) is 3.64. The number of halogens is 4. The first-order chi connectivity index (χ1) is 16.2. The van der Waals surface area contributed by atoms with Crippen LogP contribution < -0.4 is 10.2 Å². The van der Waals surface area contributed by atoms with E-state index in [-0.39, 0.29) is 24.7 Å². The Balaban J connectivity index is 1.38. The van der Waals surface area contributed by atoms with Gasteiger partial charge in [-0.25, -0.2) is 4.39 Å². The minimum Gasteiger partial charge on any atom is -0.353 e. The molecular formula is C23H25F4N5O2. The maximum atomic E-state index is 13.6. The van der Waals surface area contributed by atoms with Crippen LogP contribution in [0.2, 0.25) is 0 Å². The second-order valence-electron chi connectivity index (χ2n) is 8.59. The van der Waals surface area contributed by atoms with Gasteiger partial charge in [0, 0.05) is 32.7 Å². The van der Waals surface area contributed by atoms with Gasteiger partial charge in [-0.3, -0.25) is 9.59 Å². The normalized spacial score (nSPS) is 16.8. The molecule has 1 aromatic heterocycles. The van der Waals surface area contributed by atoms with Crippen molar-refractivity contribution in [1.29, 1.82) is 0 Å². The van der Waals surface area contributed by atoms with Gasteiger partial charge in [0.15, 0.2) is 11.5 Å². The molecular weight excluding hydrogens is 454 g/mol. The molecule has 11 heteroatoms. The number of carbonyl (C=O) groups excluding carboxylic acids is 2. The number of anilines is 1. The number of rotatable bonds is 6. The Hall–Kier alpha value is -3.24. The summed E-state index contributed by atoms with van der Waals surface area (Å²) in [7, 11) is 0. The number of amides is 2. The Kier molecular flexibility index (Phi) is 6.99. The number of hydrogen-bond acceptors (Lipinski definition) is 5. The van der Waals surface area contributed by atoms with Crippen LogP contribution in [0.5, 0.6) is 0 Å². The smallest absolute Gasteiger partial charge is 0.353 e. The third-order valence-electron chi connectivity index (χ3n) is 6.04. The van der Waals surface area contributed by atoms with Crippen LogP contribution in [0.1, 0.15) is 52.1 Å². The van der Waals surface area contributed by atoms with E-state index < -0.39 is 29.0 Å². The zero-order chi connectivity index (χ0) is 24.3. The van der Waals surface area contributed by atoms with Gasteiger partial charge in [0.25, 0.3) is 11.8 Å². The van der Waals surface area contributed by atoms with E-state index in [4.69, 9.17) is 0 Å². The van der Waals surface area contributed by atoms with Crippen LogP contribution in [0.15, 0.2) is 30.3 Å². The van der Waals surface area contributed by atoms with Crippen molar-refractivity contribution in [3.8, 4) is 0 Å². The number of nitrogens with one attached hydrogen (secondary N) is 1. The molecule has 182 valence electrons. The van der Waals surface area contributed by atoms with Gasteiger partial charge in [-0.1, -0.05) is 12.8 Å². The van der Waals surface area contributed by atoms with Gasteiger partial charge in [-0.05, 0) is 49.1 Å². The van der Waals surface area contributed by atoms with E-state index in [0.717, 1.165) is 6.42 Å². The number of carbonyl (C=O) groups is 2. The van der Waals surface area contributed by atoms with Crippen molar-refractivity contribution in [3.05, 3.63) is 53.0 Å². The Morgan fingerprint density at radius 3 is 2.50 bits per heavy atom. The van der Waals surface area contributed by atoms with Crippen LogP contribution in [-0.4, -0.2) is 59.6 Å². The largest absolute Gasteiger partial charge is 0.417 e. The molecule has 1 saturated carbocycles. The lowest BCUT2D eigenvalue weighted by atomic mass is 10.1. The fourth-order valence-electron chi connectivity index (χ4n) is 3.96. The summed E-state index contributed by atoms with van der Waals surface area (Å²) in [5.41, 5.74) is -1.65. The summed E-state index contributed by atoms with van der Waals surface area (Å²) in [5, 5.41) is 10.9. The standard InChI is InChI=1S/C23H25F4N5O2/c24-16-4-5-18(23(25,26)27)17(14-16)22(34)32-11-1-10-31(12-13-32)20-7-6-19(29-30-20)21(33)28-9-8-15-2-3-15/h4-7,14-15H,1-3,8-13H2,(H,28,33). The quantitative estimate of drug-likeness (QED) is 0.642. The predicted octanol–water partition coefficient (Wildman–Crippen LogP) is 3.52. The van der Waals surface area contributed by atoms with E-state index in [1.807, 2.05) is 4.90 Å². The number of nitrogens with zero attached hydrogens (tertiary/aromatic N) is 4. The van der Waals surface area contributed by atoms with Crippen LogP contribution in [0, 0.1) is 11.7 Å². The molecule has 7 nitrogen and oxygen atoms in total. The third-order valence-corrected chi connectivity index (χ3v) is 6.04. The molecule has 2 amide bonds. The predicted molar refractivity (Wildman–Crippen MR) is 116 cm³/mol. The number of hydrogen-bond donors (Lipinski definition) is 1. The van der Waals surface area contributed by atoms with Gasteiger partial charge < -0.3 is 15.1 Å². The Bertz CT molecular complexity index is 1040. The zero-order valence-corrected chi connectivity index (χ0v) is 18.4. The average molecular weight is 479 g/mol. The number of alkyl halides is 3. The maximum absolute atomic E-state index is 13.6. The number of aromatic nitrogens is 2. The molecule has 2 aliphatic rings. The van der Waals surface area contributed by atoms with Crippen molar-refractivity contribution < 1.29 is 27.2 Å². The molecule has 34 heavy (non-hydrogen) atoms. The summed E-state index contributed by atoms with van der Waals surface area (Å²) in [6.45, 7) is 1.77. The lowest BCUT2D eigenvalue weighted by Crippen LogP contribution is -2.36. The Morgan fingerprint density at radius 1 is 1.03 bits per heavy atom. The van der Waals surface area contributed by atoms with E-state index in [2.05, 4.69) is 15.5 Å². The summed E-state index contributed by atoms with van der Waals surface area (Å²) in [4.78, 5) is 28.2. The van der Waals surface area contributed by atoms with Crippen LogP contribution in [0.3, 0.4) is 0 Å². The molecule has 4 rings (SSSR count). The first kappa shape index (κ1) is 23.9. The molecule has 1 aliphatic carbocycles. The molecule has 1 saturated heterocycles. The molecule has 0 unspecified atom stereocenters. The highest BCUT2D eigenvalue weighted by molar-refractivity contribution is 5.96. The monoisotopic (exact) mass is 479 g/mol. The molecule has 1 aromatic carbocycles. The van der Waals surface area contributed by atoms with E-state index in [0.29, 0.717) is 56.0 Å². The summed E-state index contributed by atoms with van der Waals surface area (Å²) >= 11 is 0. The summed E-state index contributed by atoms with van der Waals surface area (Å²) in [6, 6.07) is 5.15. The van der Waals surface area contributed by atoms with E-state index in [1.165, 1.54) is 17.7 Å². The third kappa shape index (κ3) is 5.81. The van der Waals surface area contributed by atoms with Crippen molar-refractivity contribution >= 4 is 17.6 Å². The molecule has 2 aromatic rings. The Labute approximate surface area is 194 Å². The van der Waals surface area contributed by atoms with Crippen LogP contribution in [0.4, 0.5) is 23.4 Å². The fraction of sp³-hybridized carbons (Fsp3) is 0.478. The summed E-state index contributed by atoms with van der Waals surface area (Å²) in [6.07, 6.45) is -0.893. The van der Waals surface area contributed by atoms with Gasteiger partial charge in [-0.15, -0.1) is 10.2 Å². The van der Waals surface area contributed by atoms with Crippen molar-refractivity contribution in [1.82, 2.24) is 20.4 Å². The van der Waals surface area contributed by atoms with E-state index in [1.54, 1.807) is 12.1 Å².